The van der Waals surface area contributed by atoms with E-state index >= 15 is 0 Å². The molecule has 1 saturated carbocycles. The molecule has 1 aromatic rings. The Balaban J connectivity index is 1.93. The first kappa shape index (κ1) is 13.7. The highest BCUT2D eigenvalue weighted by molar-refractivity contribution is 5.95. The van der Waals surface area contributed by atoms with Crippen LogP contribution in [-0.4, -0.2) is 31.4 Å². The zero-order valence-electron chi connectivity index (χ0n) is 11.8. The molecule has 1 aromatic carbocycles. The van der Waals surface area contributed by atoms with Crippen molar-refractivity contribution in [2.45, 2.75) is 25.7 Å². The fourth-order valence-corrected chi connectivity index (χ4v) is 2.12. The molecular weight excluding hydrogens is 238 g/mol. The number of carbonyl (C=O) groups is 1. The first-order chi connectivity index (χ1) is 9.08. The van der Waals surface area contributed by atoms with Gasteiger partial charge in [-0.1, -0.05) is 12.8 Å². The largest absolute Gasteiger partial charge is 0.397 e. The normalized spacial score (nSPS) is 14.2. The standard InChI is InChI=1S/C15H23N3O/c1-18(2)15(19)12-7-8-13(16)14(10-12)17-9-3-4-11-5-6-11/h7-8,10-11,17H,3-6,9,16H2,1-2H3. The lowest BCUT2D eigenvalue weighted by Gasteiger charge is -2.14. The summed E-state index contributed by atoms with van der Waals surface area (Å²) in [4.78, 5) is 13.5. The second-order valence-corrected chi connectivity index (χ2v) is 5.51. The minimum atomic E-state index is 0.000954. The monoisotopic (exact) mass is 261 g/mol. The lowest BCUT2D eigenvalue weighted by molar-refractivity contribution is 0.0827. The molecule has 1 aliphatic rings. The van der Waals surface area contributed by atoms with Crippen LogP contribution in [0, 0.1) is 5.92 Å². The van der Waals surface area contributed by atoms with Crippen LogP contribution < -0.4 is 11.1 Å². The van der Waals surface area contributed by atoms with Crippen LogP contribution in [-0.2, 0) is 0 Å². The van der Waals surface area contributed by atoms with Crippen LogP contribution in [0.15, 0.2) is 18.2 Å². The second-order valence-electron chi connectivity index (χ2n) is 5.51. The third-order valence-electron chi connectivity index (χ3n) is 3.51. The number of benzene rings is 1. The molecule has 1 aliphatic carbocycles. The van der Waals surface area contributed by atoms with Gasteiger partial charge in [0.25, 0.3) is 5.91 Å². The SMILES string of the molecule is CN(C)C(=O)c1ccc(N)c(NCCCC2CC2)c1. The molecule has 0 aromatic heterocycles. The maximum absolute atomic E-state index is 11.9. The molecule has 4 nitrogen and oxygen atoms in total. The lowest BCUT2D eigenvalue weighted by atomic mass is 10.1. The van der Waals surface area contributed by atoms with Crippen molar-refractivity contribution >= 4 is 17.3 Å². The molecule has 0 aliphatic heterocycles. The van der Waals surface area contributed by atoms with Gasteiger partial charge in [0.05, 0.1) is 11.4 Å². The van der Waals surface area contributed by atoms with E-state index in [4.69, 9.17) is 5.73 Å². The predicted octanol–water partition coefficient (Wildman–Crippen LogP) is 2.57. The number of nitrogens with one attached hydrogen (secondary N) is 1. The van der Waals surface area contributed by atoms with E-state index in [2.05, 4.69) is 5.32 Å². The first-order valence-corrected chi connectivity index (χ1v) is 6.93. The Morgan fingerprint density at radius 3 is 2.79 bits per heavy atom. The zero-order chi connectivity index (χ0) is 13.8. The van der Waals surface area contributed by atoms with Crippen molar-refractivity contribution in [3.8, 4) is 0 Å². The van der Waals surface area contributed by atoms with Gasteiger partial charge in [0.1, 0.15) is 0 Å². The highest BCUT2D eigenvalue weighted by Crippen LogP contribution is 2.33. The van der Waals surface area contributed by atoms with E-state index in [0.29, 0.717) is 11.3 Å². The summed E-state index contributed by atoms with van der Waals surface area (Å²) in [5, 5.41) is 3.33. The zero-order valence-corrected chi connectivity index (χ0v) is 11.8. The Labute approximate surface area is 115 Å². The molecule has 1 amide bonds. The number of nitrogen functional groups attached to an aromatic ring is 1. The topological polar surface area (TPSA) is 58.4 Å². The van der Waals surface area contributed by atoms with Crippen LogP contribution in [0.25, 0.3) is 0 Å². The third kappa shape index (κ3) is 3.88. The van der Waals surface area contributed by atoms with E-state index < -0.39 is 0 Å². The van der Waals surface area contributed by atoms with Gasteiger partial charge in [-0.05, 0) is 37.0 Å². The minimum Gasteiger partial charge on any atom is -0.397 e. The summed E-state index contributed by atoms with van der Waals surface area (Å²) in [5.74, 6) is 0.960. The van der Waals surface area contributed by atoms with E-state index in [1.165, 1.54) is 19.3 Å². The summed E-state index contributed by atoms with van der Waals surface area (Å²) in [5.41, 5.74) is 8.16. The number of rotatable bonds is 6. The van der Waals surface area contributed by atoms with Crippen molar-refractivity contribution in [3.63, 3.8) is 0 Å². The molecular formula is C15H23N3O. The third-order valence-corrected chi connectivity index (χ3v) is 3.51. The number of hydrogen-bond donors (Lipinski definition) is 2. The highest BCUT2D eigenvalue weighted by atomic mass is 16.2. The van der Waals surface area contributed by atoms with Crippen LogP contribution in [0.2, 0.25) is 0 Å². The van der Waals surface area contributed by atoms with Crippen LogP contribution in [0.4, 0.5) is 11.4 Å². The molecule has 0 saturated heterocycles. The Hall–Kier alpha value is -1.71. The molecule has 0 spiro atoms. The number of nitrogens with zero attached hydrogens (tertiary/aromatic N) is 1. The summed E-state index contributed by atoms with van der Waals surface area (Å²) < 4.78 is 0. The van der Waals surface area contributed by atoms with Gasteiger partial charge < -0.3 is 16.0 Å². The average Bonchev–Trinajstić information content (AvgIpc) is 3.19. The van der Waals surface area contributed by atoms with Gasteiger partial charge in [-0.25, -0.2) is 0 Å². The maximum Gasteiger partial charge on any atom is 0.253 e. The van der Waals surface area contributed by atoms with Gasteiger partial charge in [0.2, 0.25) is 0 Å². The number of anilines is 2. The molecule has 2 rings (SSSR count). The Morgan fingerprint density at radius 2 is 2.16 bits per heavy atom. The molecule has 0 atom stereocenters. The smallest absolute Gasteiger partial charge is 0.253 e. The van der Waals surface area contributed by atoms with Crippen molar-refractivity contribution in [2.75, 3.05) is 31.7 Å². The molecule has 0 bridgehead atoms. The van der Waals surface area contributed by atoms with Crippen molar-refractivity contribution in [1.29, 1.82) is 0 Å². The number of amides is 1. The van der Waals surface area contributed by atoms with E-state index in [-0.39, 0.29) is 5.91 Å². The van der Waals surface area contributed by atoms with Crippen molar-refractivity contribution in [2.24, 2.45) is 5.92 Å². The molecule has 104 valence electrons. The number of nitrogens with two attached hydrogens (primary N) is 1. The molecule has 3 N–H and O–H groups in total. The second kappa shape index (κ2) is 5.95. The minimum absolute atomic E-state index is 0.000954. The van der Waals surface area contributed by atoms with Crippen LogP contribution in [0.1, 0.15) is 36.0 Å². The summed E-state index contributed by atoms with van der Waals surface area (Å²) in [7, 11) is 3.50. The van der Waals surface area contributed by atoms with Crippen molar-refractivity contribution in [1.82, 2.24) is 4.90 Å². The first-order valence-electron chi connectivity index (χ1n) is 6.93. The highest BCUT2D eigenvalue weighted by Gasteiger charge is 2.20. The average molecular weight is 261 g/mol. The molecule has 0 unspecified atom stereocenters. The van der Waals surface area contributed by atoms with E-state index in [1.807, 2.05) is 6.07 Å². The van der Waals surface area contributed by atoms with E-state index in [0.717, 1.165) is 24.6 Å². The van der Waals surface area contributed by atoms with E-state index in [9.17, 15) is 4.79 Å². The summed E-state index contributed by atoms with van der Waals surface area (Å²) in [6, 6.07) is 5.40. The summed E-state index contributed by atoms with van der Waals surface area (Å²) >= 11 is 0. The molecule has 19 heavy (non-hydrogen) atoms. The van der Waals surface area contributed by atoms with Gasteiger partial charge in [0, 0.05) is 26.2 Å². The Morgan fingerprint density at radius 1 is 1.42 bits per heavy atom. The number of hydrogen-bond acceptors (Lipinski definition) is 3. The molecule has 0 heterocycles. The number of carbonyl (C=O) groups excluding carboxylic acids is 1. The predicted molar refractivity (Wildman–Crippen MR) is 79.3 cm³/mol. The maximum atomic E-state index is 11.9. The van der Waals surface area contributed by atoms with Crippen LogP contribution >= 0.6 is 0 Å². The van der Waals surface area contributed by atoms with E-state index in [1.54, 1.807) is 31.1 Å². The molecule has 0 radical (unpaired) electrons. The van der Waals surface area contributed by atoms with Crippen molar-refractivity contribution < 1.29 is 4.79 Å². The van der Waals surface area contributed by atoms with Gasteiger partial charge in [-0.3, -0.25) is 4.79 Å². The Bertz CT molecular complexity index is 453. The quantitative estimate of drug-likeness (QED) is 0.611. The summed E-state index contributed by atoms with van der Waals surface area (Å²) in [6.45, 7) is 0.917. The Kier molecular flexibility index (Phi) is 4.30. The van der Waals surface area contributed by atoms with Gasteiger partial charge in [0.15, 0.2) is 0 Å². The lowest BCUT2D eigenvalue weighted by Crippen LogP contribution is -2.21. The van der Waals surface area contributed by atoms with Crippen LogP contribution in [0.5, 0.6) is 0 Å². The fourth-order valence-electron chi connectivity index (χ4n) is 2.12. The fraction of sp³-hybridized carbons (Fsp3) is 0.533. The van der Waals surface area contributed by atoms with Gasteiger partial charge in [-0.15, -0.1) is 0 Å². The summed E-state index contributed by atoms with van der Waals surface area (Å²) in [6.07, 6.45) is 5.25. The van der Waals surface area contributed by atoms with Crippen LogP contribution in [0.3, 0.4) is 0 Å². The van der Waals surface area contributed by atoms with Crippen molar-refractivity contribution in [3.05, 3.63) is 23.8 Å². The molecule has 1 fully saturated rings. The van der Waals surface area contributed by atoms with Gasteiger partial charge >= 0.3 is 0 Å². The van der Waals surface area contributed by atoms with Gasteiger partial charge in [-0.2, -0.15) is 0 Å². The molecule has 4 heteroatoms.